The zero-order valence-corrected chi connectivity index (χ0v) is 14.0. The molecule has 1 aliphatic rings. The molecule has 128 valence electrons. The molecule has 2 N–H and O–H groups in total. The average Bonchev–Trinajstić information content (AvgIpc) is 3.03. The van der Waals surface area contributed by atoms with Crippen LogP contribution in [0.4, 0.5) is 17.5 Å². The molecule has 4 rings (SSSR count). The normalized spacial score (nSPS) is 14.2. The van der Waals surface area contributed by atoms with Crippen molar-refractivity contribution in [1.82, 2.24) is 19.6 Å². The van der Waals surface area contributed by atoms with Crippen LogP contribution in [-0.4, -0.2) is 39.0 Å². The molecule has 25 heavy (non-hydrogen) atoms. The number of pyridine rings is 1. The van der Waals surface area contributed by atoms with E-state index in [1.54, 1.807) is 17.8 Å². The van der Waals surface area contributed by atoms with E-state index in [2.05, 4.69) is 25.7 Å². The van der Waals surface area contributed by atoms with Crippen LogP contribution in [0.2, 0.25) is 0 Å². The Labute approximate surface area is 144 Å². The number of hydrogen-bond donors (Lipinski definition) is 2. The number of carbonyl (C=O) groups excluding carboxylic acids is 1. The van der Waals surface area contributed by atoms with Gasteiger partial charge in [0.15, 0.2) is 11.4 Å². The lowest BCUT2D eigenvalue weighted by atomic mass is 10.1. The molecular weight excluding hydrogens is 320 g/mol. The molecule has 0 saturated carbocycles. The van der Waals surface area contributed by atoms with Crippen molar-refractivity contribution in [1.29, 1.82) is 0 Å². The summed E-state index contributed by atoms with van der Waals surface area (Å²) < 4.78 is 7.37. The average molecular weight is 338 g/mol. The third-order valence-electron chi connectivity index (χ3n) is 4.12. The van der Waals surface area contributed by atoms with E-state index in [9.17, 15) is 4.79 Å². The maximum atomic E-state index is 12.5. The Morgan fingerprint density at radius 1 is 1.28 bits per heavy atom. The van der Waals surface area contributed by atoms with Crippen LogP contribution in [0.15, 0.2) is 24.4 Å². The van der Waals surface area contributed by atoms with Crippen molar-refractivity contribution < 1.29 is 9.53 Å². The molecule has 1 aliphatic heterocycles. The highest BCUT2D eigenvalue weighted by Crippen LogP contribution is 2.25. The monoisotopic (exact) mass is 338 g/mol. The second-order valence-corrected chi connectivity index (χ2v) is 5.89. The summed E-state index contributed by atoms with van der Waals surface area (Å²) in [4.78, 5) is 21.6. The van der Waals surface area contributed by atoms with Gasteiger partial charge < -0.3 is 15.4 Å². The highest BCUT2D eigenvalue weighted by Gasteiger charge is 2.18. The lowest BCUT2D eigenvalue weighted by Crippen LogP contribution is -2.06. The van der Waals surface area contributed by atoms with Crippen LogP contribution < -0.4 is 15.4 Å². The summed E-state index contributed by atoms with van der Waals surface area (Å²) in [5.41, 5.74) is 1.98. The summed E-state index contributed by atoms with van der Waals surface area (Å²) in [6.45, 7) is 2.37. The minimum Gasteiger partial charge on any atom is -0.477 e. The van der Waals surface area contributed by atoms with Crippen molar-refractivity contribution in [2.75, 3.05) is 24.3 Å². The van der Waals surface area contributed by atoms with E-state index >= 15 is 0 Å². The third kappa shape index (κ3) is 2.75. The number of anilines is 3. The Balaban J connectivity index is 1.88. The molecule has 0 saturated heterocycles. The number of hydrogen-bond acceptors (Lipinski definition) is 7. The fourth-order valence-corrected chi connectivity index (χ4v) is 2.79. The molecule has 0 aliphatic carbocycles. The molecule has 0 spiro atoms. The standard InChI is InChI=1S/C17H18N6O2/c1-10-5-6-13-20-14-8-15(18-2)23-16(21-14)11(9-19-23)12(24)4-3-7-25-17(10)22-13/h5-6,8-9,18H,3-4,7H2,1-2H3,(H,20,21,22). The minimum absolute atomic E-state index is 0.000871. The van der Waals surface area contributed by atoms with Gasteiger partial charge in [0.25, 0.3) is 0 Å². The molecule has 4 heterocycles. The number of fused-ring (bicyclic) bond motifs is 3. The molecule has 0 amide bonds. The molecule has 8 heteroatoms. The van der Waals surface area contributed by atoms with Crippen LogP contribution in [-0.2, 0) is 0 Å². The number of aryl methyl sites for hydroxylation is 1. The van der Waals surface area contributed by atoms with E-state index in [1.165, 1.54) is 0 Å². The molecular formula is C17H18N6O2. The second kappa shape index (κ2) is 6.04. The molecule has 3 aromatic rings. The summed E-state index contributed by atoms with van der Waals surface area (Å²) in [5.74, 6) is 2.50. The Morgan fingerprint density at radius 3 is 3.00 bits per heavy atom. The van der Waals surface area contributed by atoms with Crippen molar-refractivity contribution >= 4 is 28.9 Å². The molecule has 0 aromatic carbocycles. The molecule has 0 radical (unpaired) electrons. The zero-order valence-electron chi connectivity index (χ0n) is 14.0. The number of ketones is 1. The predicted octanol–water partition coefficient (Wildman–Crippen LogP) is 2.57. The van der Waals surface area contributed by atoms with Gasteiger partial charge in [-0.05, 0) is 19.4 Å². The SMILES string of the molecule is CNc1cc2nc3c(cnn13)C(=O)CCCOc1nc(ccc1C)N2. The number of ether oxygens (including phenoxy) is 1. The van der Waals surface area contributed by atoms with Gasteiger partial charge in [0.2, 0.25) is 5.88 Å². The van der Waals surface area contributed by atoms with Crippen molar-refractivity contribution in [3.05, 3.63) is 35.5 Å². The van der Waals surface area contributed by atoms with Gasteiger partial charge in [0.1, 0.15) is 17.5 Å². The van der Waals surface area contributed by atoms with Crippen LogP contribution in [0, 0.1) is 6.92 Å². The minimum atomic E-state index is 0.000871. The van der Waals surface area contributed by atoms with Crippen molar-refractivity contribution in [3.63, 3.8) is 0 Å². The summed E-state index contributed by atoms with van der Waals surface area (Å²) in [7, 11) is 1.80. The van der Waals surface area contributed by atoms with E-state index in [-0.39, 0.29) is 5.78 Å². The molecule has 3 aromatic heterocycles. The van der Waals surface area contributed by atoms with Gasteiger partial charge in [0, 0.05) is 25.1 Å². The van der Waals surface area contributed by atoms with E-state index in [4.69, 9.17) is 4.74 Å². The fourth-order valence-electron chi connectivity index (χ4n) is 2.79. The number of carbonyl (C=O) groups is 1. The summed E-state index contributed by atoms with van der Waals surface area (Å²) in [6, 6.07) is 5.63. The second-order valence-electron chi connectivity index (χ2n) is 5.89. The first kappa shape index (κ1) is 15.4. The zero-order chi connectivity index (χ0) is 17.4. The summed E-state index contributed by atoms with van der Waals surface area (Å²) in [5, 5.41) is 10.5. The van der Waals surface area contributed by atoms with Gasteiger partial charge in [-0.2, -0.15) is 14.6 Å². The fraction of sp³-hybridized carbons (Fsp3) is 0.294. The number of rotatable bonds is 1. The van der Waals surface area contributed by atoms with Crippen LogP contribution in [0.25, 0.3) is 5.65 Å². The van der Waals surface area contributed by atoms with Gasteiger partial charge in [-0.15, -0.1) is 0 Å². The Kier molecular flexibility index (Phi) is 3.72. The van der Waals surface area contributed by atoms with Crippen LogP contribution in [0.3, 0.4) is 0 Å². The van der Waals surface area contributed by atoms with E-state index < -0.39 is 0 Å². The highest BCUT2D eigenvalue weighted by atomic mass is 16.5. The Hall–Kier alpha value is -3.16. The van der Waals surface area contributed by atoms with Crippen molar-refractivity contribution in [3.8, 4) is 5.88 Å². The molecule has 8 nitrogen and oxygen atoms in total. The van der Waals surface area contributed by atoms with Gasteiger partial charge in [0.05, 0.1) is 18.4 Å². The lowest BCUT2D eigenvalue weighted by Gasteiger charge is -2.11. The highest BCUT2D eigenvalue weighted by molar-refractivity contribution is 6.01. The maximum Gasteiger partial charge on any atom is 0.218 e. The number of aromatic nitrogens is 4. The lowest BCUT2D eigenvalue weighted by molar-refractivity contribution is 0.0974. The summed E-state index contributed by atoms with van der Waals surface area (Å²) in [6.07, 6.45) is 2.54. The van der Waals surface area contributed by atoms with E-state index in [0.717, 1.165) is 11.4 Å². The van der Waals surface area contributed by atoms with Crippen LogP contribution in [0.5, 0.6) is 5.88 Å². The van der Waals surface area contributed by atoms with Gasteiger partial charge >= 0.3 is 0 Å². The largest absolute Gasteiger partial charge is 0.477 e. The van der Waals surface area contributed by atoms with E-state index in [1.807, 2.05) is 25.1 Å². The van der Waals surface area contributed by atoms with E-state index in [0.29, 0.717) is 48.2 Å². The van der Waals surface area contributed by atoms with Crippen molar-refractivity contribution in [2.45, 2.75) is 19.8 Å². The van der Waals surface area contributed by atoms with Crippen LogP contribution in [0.1, 0.15) is 28.8 Å². The third-order valence-corrected chi connectivity index (χ3v) is 4.12. The molecule has 0 fully saturated rings. The van der Waals surface area contributed by atoms with Gasteiger partial charge in [-0.25, -0.2) is 4.98 Å². The number of nitrogens with zero attached hydrogens (tertiary/aromatic N) is 4. The molecule has 4 bridgehead atoms. The van der Waals surface area contributed by atoms with Gasteiger partial charge in [-0.3, -0.25) is 4.79 Å². The molecule has 0 atom stereocenters. The summed E-state index contributed by atoms with van der Waals surface area (Å²) >= 11 is 0. The molecule has 0 unspecified atom stereocenters. The Bertz CT molecular complexity index is 965. The predicted molar refractivity (Wildman–Crippen MR) is 93.8 cm³/mol. The quantitative estimate of drug-likeness (QED) is 0.704. The first-order chi connectivity index (χ1) is 12.2. The number of nitrogens with one attached hydrogen (secondary N) is 2. The van der Waals surface area contributed by atoms with Crippen LogP contribution >= 0.6 is 0 Å². The topological polar surface area (TPSA) is 93.4 Å². The Morgan fingerprint density at radius 2 is 2.16 bits per heavy atom. The van der Waals surface area contributed by atoms with Gasteiger partial charge in [-0.1, -0.05) is 6.07 Å². The number of Topliss-reactive ketones (excluding diaryl/α,β-unsaturated/α-hetero) is 1. The smallest absolute Gasteiger partial charge is 0.218 e. The first-order valence-corrected chi connectivity index (χ1v) is 8.13. The first-order valence-electron chi connectivity index (χ1n) is 8.13. The maximum absolute atomic E-state index is 12.5. The van der Waals surface area contributed by atoms with Crippen molar-refractivity contribution in [2.24, 2.45) is 0 Å².